The molecule has 0 saturated heterocycles. The summed E-state index contributed by atoms with van der Waals surface area (Å²) >= 11 is 0. The molecule has 1 aromatic rings. The van der Waals surface area contributed by atoms with Crippen LogP contribution in [0, 0.1) is 0 Å². The van der Waals surface area contributed by atoms with E-state index in [2.05, 4.69) is 11.9 Å². The first-order valence-electron chi connectivity index (χ1n) is 7.49. The molecular weight excluding hydrogens is 294 g/mol. The van der Waals surface area contributed by atoms with Crippen molar-refractivity contribution in [3.63, 3.8) is 0 Å². The largest absolute Gasteiger partial charge is 0.480 e. The minimum absolute atomic E-state index is 0.159. The van der Waals surface area contributed by atoms with Crippen molar-refractivity contribution in [2.45, 2.75) is 51.7 Å². The highest BCUT2D eigenvalue weighted by Gasteiger charge is 2.36. The van der Waals surface area contributed by atoms with E-state index in [0.717, 1.165) is 11.1 Å². The number of nitrogens with one attached hydrogen (secondary N) is 1. The second-order valence-electron chi connectivity index (χ2n) is 6.75. The number of amides is 1. The van der Waals surface area contributed by atoms with E-state index in [4.69, 9.17) is 4.74 Å². The number of carboxylic acid groups (broad SMARTS) is 1. The fourth-order valence-electron chi connectivity index (χ4n) is 2.14. The Morgan fingerprint density at radius 2 is 1.87 bits per heavy atom. The SMILES string of the molecule is C=CCc1cccc(C[C@](C)(NC(=O)OC(C)(C)C)C(=O)O)c1. The Morgan fingerprint density at radius 1 is 1.26 bits per heavy atom. The molecule has 0 fully saturated rings. The van der Waals surface area contributed by atoms with Gasteiger partial charge in [-0.05, 0) is 45.2 Å². The molecule has 0 aliphatic carbocycles. The molecule has 1 aromatic carbocycles. The quantitative estimate of drug-likeness (QED) is 0.789. The molecule has 1 atom stereocenters. The van der Waals surface area contributed by atoms with Crippen molar-refractivity contribution in [2.24, 2.45) is 0 Å². The first-order valence-corrected chi connectivity index (χ1v) is 7.49. The van der Waals surface area contributed by atoms with Gasteiger partial charge in [0.05, 0.1) is 0 Å². The van der Waals surface area contributed by atoms with Gasteiger partial charge in [-0.3, -0.25) is 0 Å². The van der Waals surface area contributed by atoms with E-state index in [1.54, 1.807) is 26.8 Å². The maximum Gasteiger partial charge on any atom is 0.408 e. The average Bonchev–Trinajstić information content (AvgIpc) is 2.36. The summed E-state index contributed by atoms with van der Waals surface area (Å²) in [5, 5.41) is 12.0. The van der Waals surface area contributed by atoms with Crippen molar-refractivity contribution in [3.05, 3.63) is 48.0 Å². The van der Waals surface area contributed by atoms with Crippen LogP contribution in [0.3, 0.4) is 0 Å². The van der Waals surface area contributed by atoms with Crippen LogP contribution in [0.4, 0.5) is 4.79 Å². The lowest BCUT2D eigenvalue weighted by molar-refractivity contribution is -0.144. The first-order chi connectivity index (χ1) is 10.6. The lowest BCUT2D eigenvalue weighted by Gasteiger charge is -2.28. The Labute approximate surface area is 137 Å². The normalized spacial score (nSPS) is 13.7. The van der Waals surface area contributed by atoms with E-state index in [9.17, 15) is 14.7 Å². The molecule has 0 unspecified atom stereocenters. The van der Waals surface area contributed by atoms with Crippen LogP contribution in [0.2, 0.25) is 0 Å². The molecule has 0 aliphatic rings. The lowest BCUT2D eigenvalue weighted by atomic mass is 9.92. The van der Waals surface area contributed by atoms with Crippen molar-refractivity contribution in [3.8, 4) is 0 Å². The van der Waals surface area contributed by atoms with Gasteiger partial charge in [-0.2, -0.15) is 0 Å². The van der Waals surface area contributed by atoms with E-state index in [0.29, 0.717) is 6.42 Å². The topological polar surface area (TPSA) is 75.6 Å². The molecule has 0 heterocycles. The molecule has 23 heavy (non-hydrogen) atoms. The van der Waals surface area contributed by atoms with Gasteiger partial charge in [0, 0.05) is 6.42 Å². The smallest absolute Gasteiger partial charge is 0.408 e. The molecule has 5 nitrogen and oxygen atoms in total. The average molecular weight is 319 g/mol. The molecule has 0 bridgehead atoms. The second-order valence-corrected chi connectivity index (χ2v) is 6.75. The van der Waals surface area contributed by atoms with Crippen LogP contribution in [-0.4, -0.2) is 28.3 Å². The Hall–Kier alpha value is -2.30. The van der Waals surface area contributed by atoms with Crippen LogP contribution < -0.4 is 5.32 Å². The van der Waals surface area contributed by atoms with Crippen molar-refractivity contribution in [1.29, 1.82) is 0 Å². The number of benzene rings is 1. The molecule has 1 rings (SSSR count). The number of hydrogen-bond acceptors (Lipinski definition) is 3. The number of carbonyl (C=O) groups is 2. The third-order valence-electron chi connectivity index (χ3n) is 3.18. The Morgan fingerprint density at radius 3 is 2.39 bits per heavy atom. The molecule has 0 aliphatic heterocycles. The molecular formula is C18H25NO4. The van der Waals surface area contributed by atoms with Crippen molar-refractivity contribution >= 4 is 12.1 Å². The molecule has 0 radical (unpaired) electrons. The van der Waals surface area contributed by atoms with Gasteiger partial charge in [-0.25, -0.2) is 9.59 Å². The molecule has 0 spiro atoms. The number of alkyl carbamates (subject to hydrolysis) is 1. The van der Waals surface area contributed by atoms with Gasteiger partial charge in [0.2, 0.25) is 0 Å². The van der Waals surface area contributed by atoms with Crippen LogP contribution in [0.5, 0.6) is 0 Å². The fourth-order valence-corrected chi connectivity index (χ4v) is 2.14. The summed E-state index contributed by atoms with van der Waals surface area (Å²) in [5.74, 6) is -1.11. The first kappa shape index (κ1) is 18.7. The van der Waals surface area contributed by atoms with Gasteiger partial charge in [0.15, 0.2) is 0 Å². The van der Waals surface area contributed by atoms with Gasteiger partial charge in [0.25, 0.3) is 0 Å². The van der Waals surface area contributed by atoms with Crippen molar-refractivity contribution in [2.75, 3.05) is 0 Å². The van der Waals surface area contributed by atoms with Gasteiger partial charge in [-0.15, -0.1) is 6.58 Å². The summed E-state index contributed by atoms with van der Waals surface area (Å²) < 4.78 is 5.16. The van der Waals surface area contributed by atoms with Crippen LogP contribution in [-0.2, 0) is 22.4 Å². The van der Waals surface area contributed by atoms with Crippen molar-refractivity contribution < 1.29 is 19.4 Å². The summed E-state index contributed by atoms with van der Waals surface area (Å²) in [6.45, 7) is 10.3. The number of carboxylic acids is 1. The highest BCUT2D eigenvalue weighted by Crippen LogP contribution is 2.17. The zero-order chi connectivity index (χ0) is 17.7. The van der Waals surface area contributed by atoms with Crippen molar-refractivity contribution in [1.82, 2.24) is 5.32 Å². The lowest BCUT2D eigenvalue weighted by Crippen LogP contribution is -2.54. The highest BCUT2D eigenvalue weighted by molar-refractivity contribution is 5.84. The second kappa shape index (κ2) is 7.31. The maximum atomic E-state index is 11.9. The molecule has 5 heteroatoms. The van der Waals surface area contributed by atoms with Gasteiger partial charge in [0.1, 0.15) is 11.1 Å². The standard InChI is InChI=1S/C18H25NO4/c1-6-8-13-9-7-10-14(11-13)12-18(5,15(20)21)19-16(22)23-17(2,3)4/h6-7,9-11H,1,8,12H2,2-5H3,(H,19,22)(H,20,21)/t18-/m0/s1. The minimum atomic E-state index is -1.45. The minimum Gasteiger partial charge on any atom is -0.480 e. The number of ether oxygens (including phenoxy) is 1. The molecule has 126 valence electrons. The van der Waals surface area contributed by atoms with Gasteiger partial charge >= 0.3 is 12.1 Å². The van der Waals surface area contributed by atoms with E-state index < -0.39 is 23.2 Å². The predicted octanol–water partition coefficient (Wildman–Crippen LogP) is 3.33. The number of aliphatic carboxylic acids is 1. The Balaban J connectivity index is 2.93. The van der Waals surface area contributed by atoms with E-state index in [-0.39, 0.29) is 6.42 Å². The fraction of sp³-hybridized carbons (Fsp3) is 0.444. The monoisotopic (exact) mass is 319 g/mol. The Kier molecular flexibility index (Phi) is 5.96. The summed E-state index contributed by atoms with van der Waals surface area (Å²) in [5.41, 5.74) is -0.268. The predicted molar refractivity (Wildman–Crippen MR) is 89.5 cm³/mol. The van der Waals surface area contributed by atoms with Gasteiger partial charge in [-0.1, -0.05) is 30.3 Å². The maximum absolute atomic E-state index is 11.9. The summed E-state index contributed by atoms with van der Waals surface area (Å²) in [4.78, 5) is 23.6. The van der Waals surface area contributed by atoms with Gasteiger partial charge < -0.3 is 15.2 Å². The molecule has 1 amide bonds. The zero-order valence-electron chi connectivity index (χ0n) is 14.2. The number of hydrogen-bond donors (Lipinski definition) is 2. The van der Waals surface area contributed by atoms with Crippen LogP contribution in [0.1, 0.15) is 38.8 Å². The van der Waals surface area contributed by atoms with Crippen LogP contribution >= 0.6 is 0 Å². The highest BCUT2D eigenvalue weighted by atomic mass is 16.6. The molecule has 0 saturated carbocycles. The zero-order valence-corrected chi connectivity index (χ0v) is 14.2. The van der Waals surface area contributed by atoms with Crippen LogP contribution in [0.25, 0.3) is 0 Å². The summed E-state index contributed by atoms with van der Waals surface area (Å²) in [6.07, 6.45) is 1.91. The van der Waals surface area contributed by atoms with E-state index >= 15 is 0 Å². The number of carbonyl (C=O) groups excluding carboxylic acids is 1. The van der Waals surface area contributed by atoms with E-state index in [1.165, 1.54) is 6.92 Å². The molecule has 2 N–H and O–H groups in total. The van der Waals surface area contributed by atoms with Crippen LogP contribution in [0.15, 0.2) is 36.9 Å². The number of rotatable bonds is 6. The Bertz CT molecular complexity index is 589. The third kappa shape index (κ3) is 6.14. The third-order valence-corrected chi connectivity index (χ3v) is 3.18. The summed E-state index contributed by atoms with van der Waals surface area (Å²) in [7, 11) is 0. The number of allylic oxidation sites excluding steroid dienone is 1. The molecule has 0 aromatic heterocycles. The van der Waals surface area contributed by atoms with E-state index in [1.807, 2.05) is 24.3 Å². The summed E-state index contributed by atoms with van der Waals surface area (Å²) in [6, 6.07) is 7.57.